The molecule has 0 radical (unpaired) electrons. The summed E-state index contributed by atoms with van der Waals surface area (Å²) in [5.74, 6) is 0.103. The number of unbranched alkanes of at least 4 members (excludes halogenated alkanes) is 1. The SMILES string of the molecule is CCCCOc1ccc(N2C(=O)C[C@H](NCc3ccc(S(N)(=O)=O)cc3)C2=O)cc1. The predicted octanol–water partition coefficient (Wildman–Crippen LogP) is 1.93. The lowest BCUT2D eigenvalue weighted by molar-refractivity contribution is -0.121. The van der Waals surface area contributed by atoms with Gasteiger partial charge in [0.05, 0.1) is 29.7 Å². The molecule has 1 heterocycles. The van der Waals surface area contributed by atoms with E-state index in [2.05, 4.69) is 12.2 Å². The van der Waals surface area contributed by atoms with Crippen LogP contribution in [0, 0.1) is 0 Å². The first kappa shape index (κ1) is 21.9. The minimum atomic E-state index is -3.75. The molecule has 30 heavy (non-hydrogen) atoms. The summed E-state index contributed by atoms with van der Waals surface area (Å²) >= 11 is 0. The number of ether oxygens (including phenoxy) is 1. The van der Waals surface area contributed by atoms with Gasteiger partial charge in [0.25, 0.3) is 5.91 Å². The molecule has 0 spiro atoms. The summed E-state index contributed by atoms with van der Waals surface area (Å²) < 4.78 is 28.2. The van der Waals surface area contributed by atoms with Crippen LogP contribution in [0.2, 0.25) is 0 Å². The van der Waals surface area contributed by atoms with Crippen LogP contribution in [0.3, 0.4) is 0 Å². The average Bonchev–Trinajstić information content (AvgIpc) is 3.00. The molecular weight excluding hydrogens is 406 g/mol. The van der Waals surface area contributed by atoms with E-state index in [1.54, 1.807) is 36.4 Å². The molecular formula is C21H25N3O5S. The van der Waals surface area contributed by atoms with Gasteiger partial charge in [-0.25, -0.2) is 18.5 Å². The third kappa shape index (κ3) is 5.24. The van der Waals surface area contributed by atoms with E-state index in [0.717, 1.165) is 18.4 Å². The van der Waals surface area contributed by atoms with Crippen LogP contribution in [0.5, 0.6) is 5.75 Å². The van der Waals surface area contributed by atoms with E-state index in [-0.39, 0.29) is 23.1 Å². The van der Waals surface area contributed by atoms with Gasteiger partial charge < -0.3 is 10.1 Å². The van der Waals surface area contributed by atoms with Crippen LogP contribution in [-0.2, 0) is 26.2 Å². The Bertz CT molecular complexity index is 1000. The third-order valence-electron chi connectivity index (χ3n) is 4.81. The molecule has 0 aliphatic carbocycles. The number of nitrogens with zero attached hydrogens (tertiary/aromatic N) is 1. The highest BCUT2D eigenvalue weighted by Gasteiger charge is 2.39. The van der Waals surface area contributed by atoms with Gasteiger partial charge in [0.1, 0.15) is 5.75 Å². The summed E-state index contributed by atoms with van der Waals surface area (Å²) in [4.78, 5) is 26.3. The van der Waals surface area contributed by atoms with Crippen molar-refractivity contribution in [3.05, 3.63) is 54.1 Å². The van der Waals surface area contributed by atoms with Gasteiger partial charge in [-0.05, 0) is 48.4 Å². The van der Waals surface area contributed by atoms with Gasteiger partial charge in [-0.1, -0.05) is 25.5 Å². The highest BCUT2D eigenvalue weighted by Crippen LogP contribution is 2.25. The van der Waals surface area contributed by atoms with E-state index in [4.69, 9.17) is 9.88 Å². The zero-order chi connectivity index (χ0) is 21.7. The van der Waals surface area contributed by atoms with Crippen molar-refractivity contribution in [3.8, 4) is 5.75 Å². The van der Waals surface area contributed by atoms with Crippen LogP contribution in [-0.4, -0.2) is 32.9 Å². The summed E-state index contributed by atoms with van der Waals surface area (Å²) in [5, 5.41) is 8.15. The minimum absolute atomic E-state index is 0.0201. The second-order valence-electron chi connectivity index (χ2n) is 7.09. The Morgan fingerprint density at radius 1 is 1.10 bits per heavy atom. The molecule has 1 atom stereocenters. The maximum atomic E-state index is 12.7. The first-order valence-electron chi connectivity index (χ1n) is 9.74. The van der Waals surface area contributed by atoms with E-state index in [1.807, 2.05) is 0 Å². The smallest absolute Gasteiger partial charge is 0.251 e. The number of benzene rings is 2. The molecule has 3 rings (SSSR count). The van der Waals surface area contributed by atoms with Crippen LogP contribution in [0.15, 0.2) is 53.4 Å². The number of hydrogen-bond donors (Lipinski definition) is 2. The number of carbonyl (C=O) groups is 2. The lowest BCUT2D eigenvalue weighted by Gasteiger charge is -2.16. The summed E-state index contributed by atoms with van der Waals surface area (Å²) in [6.45, 7) is 3.02. The first-order chi connectivity index (χ1) is 14.3. The Morgan fingerprint density at radius 3 is 2.37 bits per heavy atom. The standard InChI is InChI=1S/C21H25N3O5S/c1-2-3-12-29-17-8-6-16(7-9-17)24-20(25)13-19(21(24)26)23-14-15-4-10-18(11-5-15)30(22,27)28/h4-11,19,23H,2-3,12-14H2,1H3,(H2,22,27,28)/t19-/m0/s1. The second kappa shape index (κ2) is 9.38. The number of primary sulfonamides is 1. The van der Waals surface area contributed by atoms with Gasteiger partial charge in [0.2, 0.25) is 15.9 Å². The Labute approximate surface area is 176 Å². The zero-order valence-electron chi connectivity index (χ0n) is 16.7. The van der Waals surface area contributed by atoms with Crippen molar-refractivity contribution >= 4 is 27.5 Å². The molecule has 0 bridgehead atoms. The molecule has 0 saturated carbocycles. The maximum Gasteiger partial charge on any atom is 0.251 e. The van der Waals surface area contributed by atoms with Gasteiger partial charge in [-0.3, -0.25) is 9.59 Å². The lowest BCUT2D eigenvalue weighted by Crippen LogP contribution is -2.38. The monoisotopic (exact) mass is 431 g/mol. The van der Waals surface area contributed by atoms with Crippen molar-refractivity contribution in [2.24, 2.45) is 5.14 Å². The summed E-state index contributed by atoms with van der Waals surface area (Å²) in [5.41, 5.74) is 1.28. The molecule has 9 heteroatoms. The molecule has 160 valence electrons. The van der Waals surface area contributed by atoms with Gasteiger partial charge in [0.15, 0.2) is 0 Å². The Morgan fingerprint density at radius 2 is 1.77 bits per heavy atom. The fraction of sp³-hybridized carbons (Fsp3) is 0.333. The molecule has 0 unspecified atom stereocenters. The number of nitrogens with two attached hydrogens (primary N) is 1. The fourth-order valence-corrected chi connectivity index (χ4v) is 3.64. The van der Waals surface area contributed by atoms with Gasteiger partial charge in [-0.2, -0.15) is 0 Å². The number of carbonyl (C=O) groups excluding carboxylic acids is 2. The summed E-state index contributed by atoms with van der Waals surface area (Å²) in [6, 6.07) is 12.3. The molecule has 3 N–H and O–H groups in total. The van der Waals surface area contributed by atoms with Crippen LogP contribution in [0.4, 0.5) is 5.69 Å². The molecule has 1 aliphatic rings. The number of hydrogen-bond acceptors (Lipinski definition) is 6. The largest absolute Gasteiger partial charge is 0.494 e. The Kier molecular flexibility index (Phi) is 6.86. The molecule has 2 amide bonds. The van der Waals surface area contributed by atoms with E-state index >= 15 is 0 Å². The number of anilines is 1. The van der Waals surface area contributed by atoms with Crippen molar-refractivity contribution in [2.45, 2.75) is 43.7 Å². The first-order valence-corrected chi connectivity index (χ1v) is 11.3. The number of nitrogens with one attached hydrogen (secondary N) is 1. The van der Waals surface area contributed by atoms with Crippen LogP contribution in [0.1, 0.15) is 31.7 Å². The van der Waals surface area contributed by atoms with Gasteiger partial charge in [-0.15, -0.1) is 0 Å². The topological polar surface area (TPSA) is 119 Å². The minimum Gasteiger partial charge on any atom is -0.494 e. The van der Waals surface area contributed by atoms with Crippen molar-refractivity contribution in [1.29, 1.82) is 0 Å². The molecule has 1 fully saturated rings. The normalized spacial score (nSPS) is 16.9. The summed E-state index contributed by atoms with van der Waals surface area (Å²) in [7, 11) is -3.75. The number of amides is 2. The van der Waals surface area contributed by atoms with Crippen molar-refractivity contribution in [3.63, 3.8) is 0 Å². The fourth-order valence-electron chi connectivity index (χ4n) is 3.13. The van der Waals surface area contributed by atoms with Gasteiger partial charge >= 0.3 is 0 Å². The molecule has 8 nitrogen and oxygen atoms in total. The van der Waals surface area contributed by atoms with E-state index in [1.165, 1.54) is 17.0 Å². The number of imide groups is 1. The van der Waals surface area contributed by atoms with E-state index in [0.29, 0.717) is 24.6 Å². The van der Waals surface area contributed by atoms with E-state index in [9.17, 15) is 18.0 Å². The number of sulfonamides is 1. The number of rotatable bonds is 9. The van der Waals surface area contributed by atoms with Crippen LogP contribution >= 0.6 is 0 Å². The maximum absolute atomic E-state index is 12.7. The Hall–Kier alpha value is -2.75. The predicted molar refractivity (Wildman–Crippen MR) is 112 cm³/mol. The average molecular weight is 432 g/mol. The molecule has 0 aromatic heterocycles. The van der Waals surface area contributed by atoms with Crippen molar-refractivity contribution < 1.29 is 22.7 Å². The molecule has 2 aromatic rings. The molecule has 1 aliphatic heterocycles. The molecule has 2 aromatic carbocycles. The quantitative estimate of drug-likeness (QED) is 0.463. The second-order valence-corrected chi connectivity index (χ2v) is 8.65. The molecule has 1 saturated heterocycles. The summed E-state index contributed by atoms with van der Waals surface area (Å²) in [6.07, 6.45) is 2.06. The third-order valence-corrected chi connectivity index (χ3v) is 5.74. The lowest BCUT2D eigenvalue weighted by atomic mass is 10.2. The van der Waals surface area contributed by atoms with Gasteiger partial charge in [0, 0.05) is 6.54 Å². The van der Waals surface area contributed by atoms with E-state index < -0.39 is 16.1 Å². The van der Waals surface area contributed by atoms with Crippen molar-refractivity contribution in [2.75, 3.05) is 11.5 Å². The van der Waals surface area contributed by atoms with Crippen LogP contribution in [0.25, 0.3) is 0 Å². The highest BCUT2D eigenvalue weighted by atomic mass is 32.2. The van der Waals surface area contributed by atoms with Crippen LogP contribution < -0.4 is 20.1 Å². The Balaban J connectivity index is 1.60. The van der Waals surface area contributed by atoms with Crippen molar-refractivity contribution in [1.82, 2.24) is 5.32 Å². The zero-order valence-corrected chi connectivity index (χ0v) is 17.5. The highest BCUT2D eigenvalue weighted by molar-refractivity contribution is 7.89.